The van der Waals surface area contributed by atoms with Gasteiger partial charge in [-0.3, -0.25) is 25.0 Å². The van der Waals surface area contributed by atoms with E-state index in [1.54, 1.807) is 12.1 Å². The molecule has 4 aromatic carbocycles. The number of carbonyl (C=O) groups excluding carboxylic acids is 3. The number of aryl methyl sites for hydroxylation is 1. The maximum atomic E-state index is 13.3. The molecular formula is C31H24BrN3O7. The van der Waals surface area contributed by atoms with Crippen LogP contribution in [0.25, 0.3) is 16.8 Å². The number of anilines is 1. The van der Waals surface area contributed by atoms with E-state index in [2.05, 4.69) is 27.3 Å². The van der Waals surface area contributed by atoms with Crippen molar-refractivity contribution in [1.82, 2.24) is 5.32 Å². The number of fused-ring (bicyclic) bond motifs is 1. The highest BCUT2D eigenvalue weighted by Crippen LogP contribution is 2.39. The number of nitro groups is 1. The quantitative estimate of drug-likeness (QED) is 0.102. The number of imide groups is 2. The first-order chi connectivity index (χ1) is 20.2. The van der Waals surface area contributed by atoms with Gasteiger partial charge in [-0.2, -0.15) is 0 Å². The number of nitro benzene ring substituents is 1. The highest BCUT2D eigenvalue weighted by atomic mass is 79.9. The van der Waals surface area contributed by atoms with Crippen molar-refractivity contribution in [3.63, 3.8) is 0 Å². The summed E-state index contributed by atoms with van der Waals surface area (Å²) in [6, 6.07) is 19.5. The summed E-state index contributed by atoms with van der Waals surface area (Å²) in [6.45, 7) is 4.43. The van der Waals surface area contributed by atoms with Crippen LogP contribution in [0.4, 0.5) is 16.2 Å². The largest absolute Gasteiger partial charge is 0.490 e. The Hall–Kier alpha value is -5.03. The number of rotatable bonds is 8. The minimum atomic E-state index is -1.01. The smallest absolute Gasteiger partial charge is 0.335 e. The van der Waals surface area contributed by atoms with Crippen LogP contribution in [0.3, 0.4) is 0 Å². The number of halogens is 1. The molecule has 1 aliphatic heterocycles. The van der Waals surface area contributed by atoms with Crippen LogP contribution in [0.15, 0.2) is 82.8 Å². The molecule has 212 valence electrons. The first-order valence-corrected chi connectivity index (χ1v) is 13.7. The van der Waals surface area contributed by atoms with Gasteiger partial charge < -0.3 is 9.47 Å². The molecule has 1 heterocycles. The molecule has 0 bridgehead atoms. The maximum absolute atomic E-state index is 13.3. The van der Waals surface area contributed by atoms with Crippen LogP contribution in [0.5, 0.6) is 11.5 Å². The number of nitrogens with one attached hydrogen (secondary N) is 1. The summed E-state index contributed by atoms with van der Waals surface area (Å²) < 4.78 is 12.6. The Bertz CT molecular complexity index is 1800. The van der Waals surface area contributed by atoms with Crippen LogP contribution in [0, 0.1) is 17.0 Å². The van der Waals surface area contributed by atoms with Gasteiger partial charge in [0.2, 0.25) is 0 Å². The first kappa shape index (κ1) is 28.5. The molecule has 11 heteroatoms. The zero-order valence-electron chi connectivity index (χ0n) is 22.5. The minimum absolute atomic E-state index is 0.0474. The Morgan fingerprint density at radius 2 is 1.79 bits per heavy atom. The monoisotopic (exact) mass is 629 g/mol. The van der Waals surface area contributed by atoms with E-state index in [1.807, 2.05) is 44.2 Å². The molecule has 0 radical (unpaired) electrons. The van der Waals surface area contributed by atoms with Gasteiger partial charge in [-0.1, -0.05) is 42.5 Å². The van der Waals surface area contributed by atoms with Gasteiger partial charge in [0.15, 0.2) is 11.5 Å². The van der Waals surface area contributed by atoms with E-state index < -0.39 is 22.8 Å². The van der Waals surface area contributed by atoms with E-state index in [0.717, 1.165) is 28.0 Å². The summed E-state index contributed by atoms with van der Waals surface area (Å²) in [7, 11) is 0. The van der Waals surface area contributed by atoms with Gasteiger partial charge >= 0.3 is 6.03 Å². The van der Waals surface area contributed by atoms with Crippen molar-refractivity contribution in [2.75, 3.05) is 11.5 Å². The van der Waals surface area contributed by atoms with Gasteiger partial charge in [-0.05, 0) is 76.0 Å². The number of benzene rings is 4. The lowest BCUT2D eigenvalue weighted by molar-refractivity contribution is -0.384. The van der Waals surface area contributed by atoms with E-state index in [-0.39, 0.29) is 23.6 Å². The van der Waals surface area contributed by atoms with Crippen molar-refractivity contribution in [1.29, 1.82) is 0 Å². The number of hydrogen-bond acceptors (Lipinski definition) is 7. The van der Waals surface area contributed by atoms with Gasteiger partial charge in [-0.25, -0.2) is 9.69 Å². The average molecular weight is 630 g/mol. The second-order valence-corrected chi connectivity index (χ2v) is 10.2. The summed E-state index contributed by atoms with van der Waals surface area (Å²) in [4.78, 5) is 49.9. The third kappa shape index (κ3) is 5.59. The number of carbonyl (C=O) groups is 3. The summed E-state index contributed by atoms with van der Waals surface area (Å²) in [5, 5.41) is 15.5. The van der Waals surface area contributed by atoms with Crippen LogP contribution >= 0.6 is 15.9 Å². The molecule has 0 saturated carbocycles. The van der Waals surface area contributed by atoms with Crippen LogP contribution in [-0.2, 0) is 16.2 Å². The molecule has 10 nitrogen and oxygen atoms in total. The molecule has 0 aromatic heterocycles. The van der Waals surface area contributed by atoms with E-state index in [4.69, 9.17) is 9.47 Å². The molecule has 0 unspecified atom stereocenters. The minimum Gasteiger partial charge on any atom is -0.490 e. The molecule has 0 aliphatic carbocycles. The summed E-state index contributed by atoms with van der Waals surface area (Å²) in [6.07, 6.45) is 1.32. The number of urea groups is 1. The third-order valence-corrected chi connectivity index (χ3v) is 7.27. The SMILES string of the molecule is CCOc1cc(/C=C2\C(=O)NC(=O)N(c3cccc([N+](=O)[O-])c3)C2=O)cc(Br)c1OCc1c(C)ccc2ccccc12. The normalized spacial score (nSPS) is 14.3. The molecule has 5 rings (SSSR count). The van der Waals surface area contributed by atoms with Crippen molar-refractivity contribution in [3.8, 4) is 11.5 Å². The summed E-state index contributed by atoms with van der Waals surface area (Å²) in [5.41, 5.74) is 1.84. The third-order valence-electron chi connectivity index (χ3n) is 6.68. The molecule has 4 amide bonds. The van der Waals surface area contributed by atoms with Crippen molar-refractivity contribution in [2.24, 2.45) is 0 Å². The summed E-state index contributed by atoms with van der Waals surface area (Å²) >= 11 is 3.54. The van der Waals surface area contributed by atoms with Crippen LogP contribution in [-0.4, -0.2) is 29.4 Å². The second-order valence-electron chi connectivity index (χ2n) is 9.37. The van der Waals surface area contributed by atoms with Gasteiger partial charge in [-0.15, -0.1) is 0 Å². The molecule has 1 saturated heterocycles. The molecular weight excluding hydrogens is 606 g/mol. The van der Waals surface area contributed by atoms with Gasteiger partial charge in [0.25, 0.3) is 17.5 Å². The number of non-ortho nitro benzene ring substituents is 1. The average Bonchev–Trinajstić information content (AvgIpc) is 2.96. The highest BCUT2D eigenvalue weighted by Gasteiger charge is 2.37. The number of amides is 4. The molecule has 42 heavy (non-hydrogen) atoms. The lowest BCUT2D eigenvalue weighted by Gasteiger charge is -2.26. The molecule has 1 N–H and O–H groups in total. The van der Waals surface area contributed by atoms with Gasteiger partial charge in [0.1, 0.15) is 12.2 Å². The topological polar surface area (TPSA) is 128 Å². The lowest BCUT2D eigenvalue weighted by Crippen LogP contribution is -2.54. The van der Waals surface area contributed by atoms with Crippen LogP contribution in [0.1, 0.15) is 23.6 Å². The first-order valence-electron chi connectivity index (χ1n) is 12.9. The molecule has 4 aromatic rings. The van der Waals surface area contributed by atoms with Crippen molar-refractivity contribution in [3.05, 3.63) is 110 Å². The fourth-order valence-electron chi connectivity index (χ4n) is 4.66. The Labute approximate surface area is 248 Å². The predicted octanol–water partition coefficient (Wildman–Crippen LogP) is 6.46. The van der Waals surface area contributed by atoms with Gasteiger partial charge in [0, 0.05) is 17.7 Å². The zero-order chi connectivity index (χ0) is 30.0. The van der Waals surface area contributed by atoms with E-state index in [1.165, 1.54) is 24.3 Å². The van der Waals surface area contributed by atoms with E-state index in [0.29, 0.717) is 33.0 Å². The number of ether oxygens (including phenoxy) is 2. The molecule has 0 atom stereocenters. The lowest BCUT2D eigenvalue weighted by atomic mass is 10.0. The fraction of sp³-hybridized carbons (Fsp3) is 0.129. The number of hydrogen-bond donors (Lipinski definition) is 1. The Morgan fingerprint density at radius 3 is 2.55 bits per heavy atom. The number of nitrogens with zero attached hydrogens (tertiary/aromatic N) is 2. The molecule has 0 spiro atoms. The summed E-state index contributed by atoms with van der Waals surface area (Å²) in [5.74, 6) is -0.997. The fourth-order valence-corrected chi connectivity index (χ4v) is 5.23. The standard InChI is InChI=1S/C31H24BrN3O7/c1-3-41-27-15-19(14-26(32)28(27)42-17-25-18(2)11-12-20-7-4-5-10-23(20)25)13-24-29(36)33-31(38)34(30(24)37)21-8-6-9-22(16-21)35(39)40/h4-16H,3,17H2,1-2H3,(H,33,36,38)/b24-13+. The van der Waals surface area contributed by atoms with Crippen LogP contribution < -0.4 is 19.7 Å². The second kappa shape index (κ2) is 11.8. The van der Waals surface area contributed by atoms with E-state index >= 15 is 0 Å². The highest BCUT2D eigenvalue weighted by molar-refractivity contribution is 9.10. The maximum Gasteiger partial charge on any atom is 0.335 e. The van der Waals surface area contributed by atoms with Crippen molar-refractivity contribution in [2.45, 2.75) is 20.5 Å². The Kier molecular flexibility index (Phi) is 8.03. The van der Waals surface area contributed by atoms with Gasteiger partial charge in [0.05, 0.1) is 21.7 Å². The Morgan fingerprint density at radius 1 is 1.00 bits per heavy atom. The van der Waals surface area contributed by atoms with E-state index in [9.17, 15) is 24.5 Å². The number of barbiturate groups is 1. The molecule has 1 aliphatic rings. The van der Waals surface area contributed by atoms with Crippen molar-refractivity contribution >= 4 is 62.0 Å². The predicted molar refractivity (Wildman–Crippen MR) is 160 cm³/mol. The zero-order valence-corrected chi connectivity index (χ0v) is 24.1. The van der Waals surface area contributed by atoms with Crippen LogP contribution in [0.2, 0.25) is 0 Å². The molecule has 1 fully saturated rings. The van der Waals surface area contributed by atoms with Crippen molar-refractivity contribution < 1.29 is 28.8 Å². The Balaban J connectivity index is 1.48.